The Balaban J connectivity index is 2.10. The van der Waals surface area contributed by atoms with Crippen LogP contribution in [0, 0.1) is 5.82 Å². The molecule has 0 fully saturated rings. The van der Waals surface area contributed by atoms with Gasteiger partial charge in [-0.2, -0.15) is 0 Å². The zero-order valence-corrected chi connectivity index (χ0v) is 16.2. The summed E-state index contributed by atoms with van der Waals surface area (Å²) in [5.41, 5.74) is 1.64. The maximum absolute atomic E-state index is 13.7. The molecule has 0 spiro atoms. The lowest BCUT2D eigenvalue weighted by Crippen LogP contribution is -2.29. The second-order valence-electron chi connectivity index (χ2n) is 7.14. The van der Waals surface area contributed by atoms with Crippen LogP contribution in [0.5, 0.6) is 5.75 Å². The first-order valence-electron chi connectivity index (χ1n) is 8.20. The van der Waals surface area contributed by atoms with Crippen LogP contribution in [0.15, 0.2) is 42.5 Å². The largest absolute Gasteiger partial charge is 0.494 e. The molecule has 0 saturated heterocycles. The number of carbonyl (C=O) groups excluding carboxylic acids is 1. The van der Waals surface area contributed by atoms with Crippen molar-refractivity contribution in [2.24, 2.45) is 0 Å². The average molecular weight is 378 g/mol. The molecule has 2 rings (SSSR count). The quantitative estimate of drug-likeness (QED) is 0.714. The highest BCUT2D eigenvalue weighted by Crippen LogP contribution is 2.22. The Labute approximate surface area is 153 Å². The second-order valence-corrected chi connectivity index (χ2v) is 9.88. The molecule has 0 N–H and O–H groups in total. The smallest absolute Gasteiger partial charge is 0.167 e. The standard InChI is InChI=1S/C20H23FO4S/c1-20(2,3)26(23,24)13-14-5-8-16(9-6-14)18(22)12-15-7-10-19(25-4)17(21)11-15/h5-11H,12-13H2,1-4H3. The molecule has 0 aliphatic rings. The van der Waals surface area contributed by atoms with Gasteiger partial charge in [-0.25, -0.2) is 12.8 Å². The first kappa shape index (κ1) is 20.1. The Bertz CT molecular complexity index is 894. The molecule has 26 heavy (non-hydrogen) atoms. The summed E-state index contributed by atoms with van der Waals surface area (Å²) in [5, 5.41) is 0. The summed E-state index contributed by atoms with van der Waals surface area (Å²) in [6.45, 7) is 4.98. The van der Waals surface area contributed by atoms with Gasteiger partial charge in [0.15, 0.2) is 27.2 Å². The van der Waals surface area contributed by atoms with Gasteiger partial charge < -0.3 is 4.74 Å². The van der Waals surface area contributed by atoms with E-state index in [1.807, 2.05) is 0 Å². The first-order valence-corrected chi connectivity index (χ1v) is 9.85. The van der Waals surface area contributed by atoms with Crippen molar-refractivity contribution in [2.45, 2.75) is 37.7 Å². The number of halogens is 1. The monoisotopic (exact) mass is 378 g/mol. The Morgan fingerprint density at radius 3 is 2.12 bits per heavy atom. The Morgan fingerprint density at radius 2 is 1.62 bits per heavy atom. The maximum atomic E-state index is 13.7. The molecule has 0 radical (unpaired) electrons. The van der Waals surface area contributed by atoms with Gasteiger partial charge in [-0.15, -0.1) is 0 Å². The number of hydrogen-bond acceptors (Lipinski definition) is 4. The van der Waals surface area contributed by atoms with E-state index in [9.17, 15) is 17.6 Å². The van der Waals surface area contributed by atoms with Gasteiger partial charge in [0, 0.05) is 12.0 Å². The number of carbonyl (C=O) groups is 1. The van der Waals surface area contributed by atoms with E-state index < -0.39 is 20.4 Å². The predicted octanol–water partition coefficient (Wildman–Crippen LogP) is 3.97. The van der Waals surface area contributed by atoms with Gasteiger partial charge in [0.1, 0.15) is 0 Å². The lowest BCUT2D eigenvalue weighted by molar-refractivity contribution is 0.0993. The molecule has 4 nitrogen and oxygen atoms in total. The molecule has 0 saturated carbocycles. The van der Waals surface area contributed by atoms with Crippen molar-refractivity contribution in [3.8, 4) is 5.75 Å². The van der Waals surface area contributed by atoms with Crippen molar-refractivity contribution in [3.05, 3.63) is 65.0 Å². The molecule has 140 valence electrons. The molecule has 0 aromatic heterocycles. The number of hydrogen-bond donors (Lipinski definition) is 0. The van der Waals surface area contributed by atoms with Crippen molar-refractivity contribution in [1.82, 2.24) is 0 Å². The molecule has 2 aromatic carbocycles. The number of Topliss-reactive ketones (excluding diaryl/α,β-unsaturated/α-hetero) is 1. The van der Waals surface area contributed by atoms with Crippen LogP contribution in [0.3, 0.4) is 0 Å². The topological polar surface area (TPSA) is 60.4 Å². The van der Waals surface area contributed by atoms with Crippen LogP contribution in [-0.4, -0.2) is 26.1 Å². The SMILES string of the molecule is COc1ccc(CC(=O)c2ccc(CS(=O)(=O)C(C)(C)C)cc2)cc1F. The molecule has 2 aromatic rings. The summed E-state index contributed by atoms with van der Waals surface area (Å²) < 4.78 is 42.2. The number of methoxy groups -OCH3 is 1. The molecule has 0 heterocycles. The van der Waals surface area contributed by atoms with Crippen molar-refractivity contribution in [2.75, 3.05) is 7.11 Å². The number of rotatable bonds is 6. The van der Waals surface area contributed by atoms with Gasteiger partial charge in [-0.3, -0.25) is 4.79 Å². The first-order chi connectivity index (χ1) is 12.0. The van der Waals surface area contributed by atoms with E-state index in [0.29, 0.717) is 16.7 Å². The average Bonchev–Trinajstić information content (AvgIpc) is 2.54. The molecule has 0 unspecified atom stereocenters. The molecule has 0 aliphatic heterocycles. The molecule has 0 atom stereocenters. The van der Waals surface area contributed by atoms with Crippen LogP contribution < -0.4 is 4.74 Å². The fourth-order valence-electron chi connectivity index (χ4n) is 2.33. The third kappa shape index (κ3) is 4.69. The van der Waals surface area contributed by atoms with Gasteiger partial charge in [0.05, 0.1) is 17.6 Å². The van der Waals surface area contributed by atoms with E-state index in [4.69, 9.17) is 4.74 Å². The van der Waals surface area contributed by atoms with Gasteiger partial charge in [0.25, 0.3) is 0 Å². The van der Waals surface area contributed by atoms with Crippen molar-refractivity contribution in [1.29, 1.82) is 0 Å². The number of ether oxygens (including phenoxy) is 1. The van der Waals surface area contributed by atoms with E-state index in [1.54, 1.807) is 51.1 Å². The summed E-state index contributed by atoms with van der Waals surface area (Å²) in [5.74, 6) is -0.625. The van der Waals surface area contributed by atoms with Crippen LogP contribution in [0.4, 0.5) is 4.39 Å². The zero-order chi connectivity index (χ0) is 19.5. The highest BCUT2D eigenvalue weighted by Gasteiger charge is 2.28. The van der Waals surface area contributed by atoms with E-state index in [0.717, 1.165) is 0 Å². The fourth-order valence-corrected chi connectivity index (χ4v) is 3.39. The van der Waals surface area contributed by atoms with Crippen LogP contribution in [0.1, 0.15) is 42.3 Å². The van der Waals surface area contributed by atoms with Crippen LogP contribution in [0.25, 0.3) is 0 Å². The zero-order valence-electron chi connectivity index (χ0n) is 15.4. The minimum absolute atomic E-state index is 0.0561. The van der Waals surface area contributed by atoms with Crippen molar-refractivity contribution in [3.63, 3.8) is 0 Å². The Morgan fingerprint density at radius 1 is 1.04 bits per heavy atom. The summed E-state index contributed by atoms with van der Waals surface area (Å²) in [6.07, 6.45) is 0.0561. The molecule has 0 aliphatic carbocycles. The number of sulfone groups is 1. The summed E-state index contributed by atoms with van der Waals surface area (Å²) in [7, 11) is -1.90. The van der Waals surface area contributed by atoms with Gasteiger partial charge in [-0.1, -0.05) is 30.3 Å². The predicted molar refractivity (Wildman–Crippen MR) is 99.8 cm³/mol. The number of ketones is 1. The minimum atomic E-state index is -3.28. The molecule has 0 amide bonds. The summed E-state index contributed by atoms with van der Waals surface area (Å²) >= 11 is 0. The highest BCUT2D eigenvalue weighted by atomic mass is 32.2. The van der Waals surface area contributed by atoms with E-state index in [-0.39, 0.29) is 23.7 Å². The Kier molecular flexibility index (Phi) is 5.86. The molecule has 0 bridgehead atoms. The van der Waals surface area contributed by atoms with Crippen LogP contribution >= 0.6 is 0 Å². The lowest BCUT2D eigenvalue weighted by Gasteiger charge is -2.19. The van der Waals surface area contributed by atoms with Gasteiger partial charge >= 0.3 is 0 Å². The summed E-state index contributed by atoms with van der Waals surface area (Å²) in [6, 6.07) is 10.9. The van der Waals surface area contributed by atoms with E-state index in [2.05, 4.69) is 0 Å². The fraction of sp³-hybridized carbons (Fsp3) is 0.350. The molecular formula is C20H23FO4S. The third-order valence-corrected chi connectivity index (χ3v) is 6.73. The van der Waals surface area contributed by atoms with Crippen LogP contribution in [0.2, 0.25) is 0 Å². The maximum Gasteiger partial charge on any atom is 0.167 e. The van der Waals surface area contributed by atoms with Crippen molar-refractivity contribution >= 4 is 15.6 Å². The normalized spacial score (nSPS) is 12.0. The van der Waals surface area contributed by atoms with Gasteiger partial charge in [-0.05, 0) is 44.0 Å². The molecule has 6 heteroatoms. The lowest BCUT2D eigenvalue weighted by atomic mass is 10.0. The van der Waals surface area contributed by atoms with Crippen LogP contribution in [-0.2, 0) is 22.0 Å². The Hall–Kier alpha value is -2.21. The summed E-state index contributed by atoms with van der Waals surface area (Å²) in [4.78, 5) is 12.4. The van der Waals surface area contributed by atoms with Crippen molar-refractivity contribution < 1.29 is 22.3 Å². The van der Waals surface area contributed by atoms with Gasteiger partial charge in [0.2, 0.25) is 0 Å². The minimum Gasteiger partial charge on any atom is -0.494 e. The third-order valence-electron chi connectivity index (χ3n) is 4.15. The highest BCUT2D eigenvalue weighted by molar-refractivity contribution is 7.91. The number of benzene rings is 2. The van der Waals surface area contributed by atoms with E-state index in [1.165, 1.54) is 19.2 Å². The second kappa shape index (κ2) is 7.58. The van der Waals surface area contributed by atoms with E-state index >= 15 is 0 Å². The molecular weight excluding hydrogens is 355 g/mol.